The number of carbonyl (C=O) groups excluding carboxylic acids is 2. The van der Waals surface area contributed by atoms with Crippen LogP contribution in [0, 0.1) is 5.82 Å². The molecule has 0 unspecified atom stereocenters. The molecule has 6 N–H and O–H groups in total. The van der Waals surface area contributed by atoms with Crippen molar-refractivity contribution in [3.8, 4) is 5.82 Å². The summed E-state index contributed by atoms with van der Waals surface area (Å²) in [4.78, 5) is 24.5. The van der Waals surface area contributed by atoms with E-state index in [1.165, 1.54) is 18.2 Å². The zero-order chi connectivity index (χ0) is 24.1. The number of hydrazone groups is 1. The Labute approximate surface area is 190 Å². The molecule has 0 saturated carbocycles. The number of halogens is 1. The molecule has 0 fully saturated rings. The molecule has 4 aromatic rings. The molecule has 0 aliphatic carbocycles. The van der Waals surface area contributed by atoms with E-state index in [1.54, 1.807) is 30.3 Å². The van der Waals surface area contributed by atoms with Gasteiger partial charge in [-0.3, -0.25) is 9.59 Å². The van der Waals surface area contributed by atoms with Crippen LogP contribution in [0.2, 0.25) is 0 Å². The highest BCUT2D eigenvalue weighted by Crippen LogP contribution is 2.19. The number of anilines is 2. The number of amides is 2. The lowest BCUT2D eigenvalue weighted by atomic mass is 10.1. The molecule has 14 heteroatoms. The number of rotatable bonds is 8. The van der Waals surface area contributed by atoms with Gasteiger partial charge in [0.1, 0.15) is 5.82 Å². The van der Waals surface area contributed by atoms with Gasteiger partial charge in [-0.2, -0.15) is 9.78 Å². The number of primary amides is 1. The average Bonchev–Trinajstić information content (AvgIpc) is 3.44. The number of carbonyl (C=O) groups is 2. The summed E-state index contributed by atoms with van der Waals surface area (Å²) < 4.78 is 19.5. The van der Waals surface area contributed by atoms with Crippen LogP contribution in [0.25, 0.3) is 5.82 Å². The third-order valence-electron chi connectivity index (χ3n) is 4.59. The first-order valence-corrected chi connectivity index (χ1v) is 9.69. The maximum absolute atomic E-state index is 13.7. The number of nitrogens with zero attached hydrogens (tertiary/aromatic N) is 6. The Morgan fingerprint density at radius 3 is 2.65 bits per heavy atom. The number of benzene rings is 2. The molecule has 0 radical (unpaired) electrons. The van der Waals surface area contributed by atoms with Crippen LogP contribution < -0.4 is 22.2 Å². The van der Waals surface area contributed by atoms with Crippen LogP contribution in [0.4, 0.5) is 15.9 Å². The largest absolute Gasteiger partial charge is 0.379 e. The van der Waals surface area contributed by atoms with Crippen molar-refractivity contribution in [1.29, 1.82) is 0 Å². The van der Waals surface area contributed by atoms with E-state index >= 15 is 0 Å². The highest BCUT2D eigenvalue weighted by atomic mass is 19.1. The number of aromatic nitrogens is 5. The minimum atomic E-state index is -0.742. The van der Waals surface area contributed by atoms with Gasteiger partial charge < -0.3 is 16.8 Å². The van der Waals surface area contributed by atoms with Crippen LogP contribution >= 0.6 is 0 Å². The lowest BCUT2D eigenvalue weighted by molar-refractivity contribution is 0.0947. The van der Waals surface area contributed by atoms with Crippen molar-refractivity contribution in [2.75, 3.05) is 11.1 Å². The Morgan fingerprint density at radius 1 is 1.15 bits per heavy atom. The second-order valence-electron chi connectivity index (χ2n) is 6.75. The summed E-state index contributed by atoms with van der Waals surface area (Å²) in [7, 11) is 0. The molecule has 2 amide bonds. The molecule has 172 valence electrons. The van der Waals surface area contributed by atoms with Gasteiger partial charge in [0.2, 0.25) is 11.6 Å². The number of nitrogens with two attached hydrogens (primary N) is 2. The van der Waals surface area contributed by atoms with Crippen LogP contribution in [0.1, 0.15) is 32.1 Å². The maximum atomic E-state index is 13.7. The minimum absolute atomic E-state index is 0.00129. The third-order valence-corrected chi connectivity index (χ3v) is 4.59. The van der Waals surface area contributed by atoms with Crippen LogP contribution in [-0.2, 0) is 6.54 Å². The van der Waals surface area contributed by atoms with Crippen LogP contribution in [0.3, 0.4) is 0 Å². The second-order valence-corrected chi connectivity index (χ2v) is 6.75. The number of para-hydroxylation sites is 1. The van der Waals surface area contributed by atoms with E-state index in [9.17, 15) is 14.0 Å². The van der Waals surface area contributed by atoms with Crippen molar-refractivity contribution in [2.24, 2.45) is 10.8 Å². The van der Waals surface area contributed by atoms with Crippen molar-refractivity contribution < 1.29 is 18.6 Å². The van der Waals surface area contributed by atoms with E-state index < -0.39 is 17.6 Å². The quantitative estimate of drug-likeness (QED) is 0.216. The zero-order valence-corrected chi connectivity index (χ0v) is 17.3. The maximum Gasteiger partial charge on any atom is 0.293 e. The first-order valence-electron chi connectivity index (χ1n) is 9.69. The fourth-order valence-electron chi connectivity index (χ4n) is 2.97. The number of nitrogen functional groups attached to an aromatic ring is 1. The number of hydrogen-bond donors (Lipinski definition) is 4. The Bertz CT molecular complexity index is 1380. The summed E-state index contributed by atoms with van der Waals surface area (Å²) in [5.74, 6) is -1.97. The van der Waals surface area contributed by atoms with Crippen molar-refractivity contribution in [3.05, 3.63) is 76.9 Å². The number of hydrogen-bond acceptors (Lipinski definition) is 10. The summed E-state index contributed by atoms with van der Waals surface area (Å²) in [6.07, 6.45) is 1.15. The van der Waals surface area contributed by atoms with Gasteiger partial charge in [-0.25, -0.2) is 14.4 Å². The summed E-state index contributed by atoms with van der Waals surface area (Å²) >= 11 is 0. The normalized spacial score (nSPS) is 11.0. The minimum Gasteiger partial charge on any atom is -0.379 e. The predicted molar refractivity (Wildman–Crippen MR) is 117 cm³/mol. The van der Waals surface area contributed by atoms with Gasteiger partial charge in [0, 0.05) is 11.3 Å². The third kappa shape index (κ3) is 4.55. The lowest BCUT2D eigenvalue weighted by Gasteiger charge is -2.11. The van der Waals surface area contributed by atoms with Gasteiger partial charge >= 0.3 is 0 Å². The molecule has 0 aliphatic rings. The fourth-order valence-corrected chi connectivity index (χ4v) is 2.97. The van der Waals surface area contributed by atoms with Crippen LogP contribution in [0.15, 0.2) is 58.3 Å². The van der Waals surface area contributed by atoms with Crippen molar-refractivity contribution in [3.63, 3.8) is 0 Å². The molecule has 0 spiro atoms. The van der Waals surface area contributed by atoms with Gasteiger partial charge in [0.15, 0.2) is 5.69 Å². The average molecular weight is 464 g/mol. The molecule has 34 heavy (non-hydrogen) atoms. The molecule has 0 bridgehead atoms. The second kappa shape index (κ2) is 9.56. The summed E-state index contributed by atoms with van der Waals surface area (Å²) in [5.41, 5.74) is 14.3. The number of nitrogens with one attached hydrogen (secondary N) is 2. The van der Waals surface area contributed by atoms with Crippen LogP contribution in [-0.4, -0.2) is 43.3 Å². The molecule has 0 atom stereocenters. The zero-order valence-electron chi connectivity index (χ0n) is 17.3. The highest BCUT2D eigenvalue weighted by Gasteiger charge is 2.24. The molecule has 0 aliphatic heterocycles. The van der Waals surface area contributed by atoms with Gasteiger partial charge in [-0.05, 0) is 28.5 Å². The van der Waals surface area contributed by atoms with Gasteiger partial charge in [-0.15, -0.1) is 5.10 Å². The van der Waals surface area contributed by atoms with E-state index in [2.05, 4.69) is 41.1 Å². The SMILES string of the molecule is NC(=O)c1ccccc1NCc1c(C(=O)NN=Cc2ccccc2F)nnn1-c1nonc1N. The summed E-state index contributed by atoms with van der Waals surface area (Å²) in [5, 5.41) is 21.8. The van der Waals surface area contributed by atoms with Crippen molar-refractivity contribution in [2.45, 2.75) is 6.54 Å². The predicted octanol–water partition coefficient (Wildman–Crippen LogP) is 0.847. The van der Waals surface area contributed by atoms with Gasteiger partial charge in [0.05, 0.1) is 24.0 Å². The van der Waals surface area contributed by atoms with Gasteiger partial charge in [0.25, 0.3) is 11.8 Å². The molecular formula is C20H17FN10O3. The summed E-state index contributed by atoms with van der Waals surface area (Å²) in [6, 6.07) is 12.5. The van der Waals surface area contributed by atoms with E-state index in [1.807, 2.05) is 0 Å². The Balaban J connectivity index is 1.62. The molecule has 2 aromatic heterocycles. The van der Waals surface area contributed by atoms with Crippen LogP contribution in [0.5, 0.6) is 0 Å². The Hall–Kier alpha value is -5.14. The van der Waals surface area contributed by atoms with E-state index in [0.717, 1.165) is 10.9 Å². The molecule has 13 nitrogen and oxygen atoms in total. The highest BCUT2D eigenvalue weighted by molar-refractivity contribution is 5.98. The molecule has 4 rings (SSSR count). The standard InChI is InChI=1S/C20H17FN10O3/c21-13-7-3-1-5-11(13)9-25-27-20(33)16-15(31(30-26-16)19-17(22)28-34-29-19)10-24-14-8-4-2-6-12(14)18(23)32/h1-9,24H,10H2,(H2,22,28)(H2,23,32)(H,27,33). The first-order chi connectivity index (χ1) is 16.5. The van der Waals surface area contributed by atoms with E-state index in [0.29, 0.717) is 5.69 Å². The smallest absolute Gasteiger partial charge is 0.293 e. The lowest BCUT2D eigenvalue weighted by Crippen LogP contribution is -2.22. The van der Waals surface area contributed by atoms with E-state index in [-0.39, 0.29) is 40.7 Å². The summed E-state index contributed by atoms with van der Waals surface area (Å²) in [6.45, 7) is -0.0522. The van der Waals surface area contributed by atoms with E-state index in [4.69, 9.17) is 11.5 Å². The monoisotopic (exact) mass is 464 g/mol. The van der Waals surface area contributed by atoms with Gasteiger partial charge in [-0.1, -0.05) is 35.5 Å². The Morgan fingerprint density at radius 2 is 1.91 bits per heavy atom. The van der Waals surface area contributed by atoms with Crippen molar-refractivity contribution >= 4 is 29.5 Å². The fraction of sp³-hybridized carbons (Fsp3) is 0.0500. The molecule has 2 heterocycles. The molecule has 2 aromatic carbocycles. The first kappa shape index (κ1) is 22.1. The van der Waals surface area contributed by atoms with Crippen molar-refractivity contribution in [1.82, 2.24) is 30.7 Å². The molecule has 0 saturated heterocycles. The topological polar surface area (TPSA) is 192 Å². The Kier molecular flexibility index (Phi) is 6.20. The molecular weight excluding hydrogens is 447 g/mol.